The lowest BCUT2D eigenvalue weighted by Gasteiger charge is -2.36. The van der Waals surface area contributed by atoms with Gasteiger partial charge < -0.3 is 19.2 Å². The maximum absolute atomic E-state index is 12.3. The van der Waals surface area contributed by atoms with Gasteiger partial charge in [-0.1, -0.05) is 0 Å². The van der Waals surface area contributed by atoms with Crippen LogP contribution >= 0.6 is 0 Å². The number of carbonyl (C=O) groups is 2. The van der Waals surface area contributed by atoms with Gasteiger partial charge in [-0.2, -0.15) is 0 Å². The summed E-state index contributed by atoms with van der Waals surface area (Å²) in [6.45, 7) is 7.20. The van der Waals surface area contributed by atoms with Crippen molar-refractivity contribution >= 4 is 12.1 Å². The molecule has 1 aliphatic heterocycles. The Bertz CT molecular complexity index is 546. The maximum Gasteiger partial charge on any atom is 0.411 e. The normalized spacial score (nSPS) is 18.9. The molecule has 2 heterocycles. The van der Waals surface area contributed by atoms with E-state index in [0.717, 1.165) is 0 Å². The molecule has 1 fully saturated rings. The first kappa shape index (κ1) is 16.4. The van der Waals surface area contributed by atoms with Crippen LogP contribution in [0.15, 0.2) is 16.5 Å². The number of hydrogen-bond donors (Lipinski definition) is 1. The Hall–Kier alpha value is -2.02. The summed E-state index contributed by atoms with van der Waals surface area (Å²) in [5, 5.41) is 3.21. The van der Waals surface area contributed by atoms with Crippen LogP contribution in [0.2, 0.25) is 0 Å². The molecule has 1 aliphatic rings. The Labute approximate surface area is 129 Å². The van der Waals surface area contributed by atoms with Crippen molar-refractivity contribution in [3.63, 3.8) is 0 Å². The maximum atomic E-state index is 12.3. The SMILES string of the molecule is COC(=O)c1ccc(C2CNCCN2C(=O)OC(C)(C)C)o1. The number of hydrogen-bond acceptors (Lipinski definition) is 6. The van der Waals surface area contributed by atoms with Crippen molar-refractivity contribution in [3.8, 4) is 0 Å². The molecule has 0 aliphatic carbocycles. The molecular formula is C15H22N2O5. The molecule has 22 heavy (non-hydrogen) atoms. The molecule has 122 valence electrons. The summed E-state index contributed by atoms with van der Waals surface area (Å²) in [6.07, 6.45) is -0.394. The fraction of sp³-hybridized carbons (Fsp3) is 0.600. The lowest BCUT2D eigenvalue weighted by atomic mass is 10.1. The van der Waals surface area contributed by atoms with Crippen LogP contribution in [-0.4, -0.2) is 49.3 Å². The van der Waals surface area contributed by atoms with Gasteiger partial charge in [0.2, 0.25) is 5.76 Å². The number of rotatable bonds is 2. The van der Waals surface area contributed by atoms with E-state index in [9.17, 15) is 9.59 Å². The molecule has 1 aromatic rings. The summed E-state index contributed by atoms with van der Waals surface area (Å²) >= 11 is 0. The number of ether oxygens (including phenoxy) is 2. The van der Waals surface area contributed by atoms with Gasteiger partial charge in [0.1, 0.15) is 17.4 Å². The van der Waals surface area contributed by atoms with Crippen molar-refractivity contribution in [3.05, 3.63) is 23.7 Å². The van der Waals surface area contributed by atoms with E-state index in [0.29, 0.717) is 25.4 Å². The van der Waals surface area contributed by atoms with E-state index in [1.54, 1.807) is 17.0 Å². The van der Waals surface area contributed by atoms with E-state index in [1.807, 2.05) is 20.8 Å². The first-order valence-corrected chi connectivity index (χ1v) is 7.20. The van der Waals surface area contributed by atoms with Gasteiger partial charge in [-0.3, -0.25) is 4.90 Å². The second kappa shape index (κ2) is 6.39. The monoisotopic (exact) mass is 310 g/mol. The van der Waals surface area contributed by atoms with E-state index in [-0.39, 0.29) is 11.8 Å². The Kier molecular flexibility index (Phi) is 4.75. The minimum Gasteiger partial charge on any atom is -0.463 e. The molecule has 0 spiro atoms. The van der Waals surface area contributed by atoms with Gasteiger partial charge in [0.05, 0.1) is 7.11 Å². The highest BCUT2D eigenvalue weighted by atomic mass is 16.6. The third kappa shape index (κ3) is 3.79. The zero-order valence-electron chi connectivity index (χ0n) is 13.3. The van der Waals surface area contributed by atoms with Crippen LogP contribution in [0.1, 0.15) is 43.1 Å². The van der Waals surface area contributed by atoms with E-state index in [2.05, 4.69) is 10.1 Å². The van der Waals surface area contributed by atoms with Gasteiger partial charge in [-0.15, -0.1) is 0 Å². The van der Waals surface area contributed by atoms with E-state index in [4.69, 9.17) is 9.15 Å². The Morgan fingerprint density at radius 3 is 2.73 bits per heavy atom. The van der Waals surface area contributed by atoms with Crippen molar-refractivity contribution in [2.75, 3.05) is 26.7 Å². The highest BCUT2D eigenvalue weighted by Gasteiger charge is 2.33. The van der Waals surface area contributed by atoms with Gasteiger partial charge >= 0.3 is 12.1 Å². The Morgan fingerprint density at radius 2 is 2.09 bits per heavy atom. The van der Waals surface area contributed by atoms with Crippen molar-refractivity contribution < 1.29 is 23.5 Å². The van der Waals surface area contributed by atoms with Crippen LogP contribution in [0, 0.1) is 0 Å². The van der Waals surface area contributed by atoms with E-state index >= 15 is 0 Å². The quantitative estimate of drug-likeness (QED) is 0.841. The van der Waals surface area contributed by atoms with Crippen LogP contribution in [0.3, 0.4) is 0 Å². The van der Waals surface area contributed by atoms with Gasteiger partial charge in [0, 0.05) is 19.6 Å². The lowest BCUT2D eigenvalue weighted by Crippen LogP contribution is -2.50. The first-order chi connectivity index (χ1) is 10.3. The number of nitrogens with zero attached hydrogens (tertiary/aromatic N) is 1. The third-order valence-electron chi connectivity index (χ3n) is 3.21. The molecule has 0 radical (unpaired) electrons. The van der Waals surface area contributed by atoms with Crippen molar-refractivity contribution in [1.82, 2.24) is 10.2 Å². The Balaban J connectivity index is 2.17. The van der Waals surface area contributed by atoms with E-state index < -0.39 is 17.7 Å². The number of carbonyl (C=O) groups excluding carboxylic acids is 2. The predicted octanol–water partition coefficient (Wildman–Crippen LogP) is 1.95. The average Bonchev–Trinajstić information content (AvgIpc) is 2.94. The molecule has 7 nitrogen and oxygen atoms in total. The van der Waals surface area contributed by atoms with Crippen molar-refractivity contribution in [1.29, 1.82) is 0 Å². The van der Waals surface area contributed by atoms with Gasteiger partial charge in [0.15, 0.2) is 0 Å². The predicted molar refractivity (Wildman–Crippen MR) is 78.6 cm³/mol. The summed E-state index contributed by atoms with van der Waals surface area (Å²) in [5.74, 6) is 0.101. The zero-order valence-corrected chi connectivity index (χ0v) is 13.3. The highest BCUT2D eigenvalue weighted by molar-refractivity contribution is 5.86. The number of esters is 1. The second-order valence-corrected chi connectivity index (χ2v) is 6.09. The molecule has 1 saturated heterocycles. The Morgan fingerprint density at radius 1 is 1.36 bits per heavy atom. The van der Waals surface area contributed by atoms with Gasteiger partial charge in [0.25, 0.3) is 0 Å². The van der Waals surface area contributed by atoms with Crippen LogP contribution in [0.4, 0.5) is 4.79 Å². The summed E-state index contributed by atoms with van der Waals surface area (Å²) in [7, 11) is 1.29. The minimum absolute atomic E-state index is 0.118. The molecule has 1 amide bonds. The molecule has 0 saturated carbocycles. The molecule has 7 heteroatoms. The van der Waals surface area contributed by atoms with Crippen LogP contribution < -0.4 is 5.32 Å². The van der Waals surface area contributed by atoms with Crippen LogP contribution in [-0.2, 0) is 9.47 Å². The van der Waals surface area contributed by atoms with Crippen molar-refractivity contribution in [2.45, 2.75) is 32.4 Å². The minimum atomic E-state index is -0.563. The van der Waals surface area contributed by atoms with E-state index in [1.165, 1.54) is 7.11 Å². The third-order valence-corrected chi connectivity index (χ3v) is 3.21. The average molecular weight is 310 g/mol. The summed E-state index contributed by atoms with van der Waals surface area (Å²) in [6, 6.07) is 2.91. The topological polar surface area (TPSA) is 81.0 Å². The summed E-state index contributed by atoms with van der Waals surface area (Å²) in [4.78, 5) is 25.4. The number of piperazine rings is 1. The molecule has 0 bridgehead atoms. The van der Waals surface area contributed by atoms with Crippen LogP contribution in [0.5, 0.6) is 0 Å². The molecular weight excluding hydrogens is 288 g/mol. The molecule has 0 aromatic carbocycles. The summed E-state index contributed by atoms with van der Waals surface area (Å²) < 4.78 is 15.6. The fourth-order valence-electron chi connectivity index (χ4n) is 2.24. The highest BCUT2D eigenvalue weighted by Crippen LogP contribution is 2.26. The number of amides is 1. The van der Waals surface area contributed by atoms with Crippen LogP contribution in [0.25, 0.3) is 0 Å². The molecule has 1 atom stereocenters. The smallest absolute Gasteiger partial charge is 0.411 e. The zero-order chi connectivity index (χ0) is 16.3. The fourth-order valence-corrected chi connectivity index (χ4v) is 2.24. The number of nitrogens with one attached hydrogen (secondary N) is 1. The molecule has 1 aromatic heterocycles. The molecule has 1 unspecified atom stereocenters. The summed E-state index contributed by atoms with van der Waals surface area (Å²) in [5.41, 5.74) is -0.563. The standard InChI is InChI=1S/C15H22N2O5/c1-15(2,3)22-14(19)17-8-7-16-9-10(17)11-5-6-12(21-11)13(18)20-4/h5-6,10,16H,7-9H2,1-4H3. The first-order valence-electron chi connectivity index (χ1n) is 7.20. The molecule has 1 N–H and O–H groups in total. The largest absolute Gasteiger partial charge is 0.463 e. The molecule has 2 rings (SSSR count). The second-order valence-electron chi connectivity index (χ2n) is 6.09. The number of methoxy groups -OCH3 is 1. The van der Waals surface area contributed by atoms with Crippen molar-refractivity contribution in [2.24, 2.45) is 0 Å². The lowest BCUT2D eigenvalue weighted by molar-refractivity contribution is 0.00916. The number of furan rings is 1. The van der Waals surface area contributed by atoms with Gasteiger partial charge in [-0.25, -0.2) is 9.59 Å². The van der Waals surface area contributed by atoms with Gasteiger partial charge in [-0.05, 0) is 32.9 Å².